The molecule has 1 atom stereocenters. The summed E-state index contributed by atoms with van der Waals surface area (Å²) < 4.78 is 25.5. The van der Waals surface area contributed by atoms with Crippen LogP contribution >= 0.6 is 11.8 Å². The minimum Gasteiger partial charge on any atom is -0.349 e. The lowest BCUT2D eigenvalue weighted by atomic mass is 10.0. The maximum Gasteiger partial charge on any atom is 0.230 e. The number of nitrogens with one attached hydrogen (secondary N) is 1. The van der Waals surface area contributed by atoms with Gasteiger partial charge in [-0.05, 0) is 38.3 Å². The van der Waals surface area contributed by atoms with Gasteiger partial charge in [-0.3, -0.25) is 14.3 Å². The van der Waals surface area contributed by atoms with Gasteiger partial charge in [0.25, 0.3) is 0 Å². The van der Waals surface area contributed by atoms with E-state index >= 15 is 0 Å². The average Bonchev–Trinajstić information content (AvgIpc) is 3.31. The van der Waals surface area contributed by atoms with Crippen LogP contribution in [0.25, 0.3) is 11.4 Å². The van der Waals surface area contributed by atoms with Crippen LogP contribution in [-0.4, -0.2) is 56.9 Å². The van der Waals surface area contributed by atoms with Crippen molar-refractivity contribution in [2.45, 2.75) is 42.9 Å². The highest BCUT2D eigenvalue weighted by Crippen LogP contribution is 2.40. The quantitative estimate of drug-likeness (QED) is 0.723. The van der Waals surface area contributed by atoms with Crippen molar-refractivity contribution in [1.82, 2.24) is 25.1 Å². The Morgan fingerprint density at radius 3 is 2.85 bits per heavy atom. The van der Waals surface area contributed by atoms with E-state index in [1.165, 1.54) is 11.8 Å². The van der Waals surface area contributed by atoms with Crippen LogP contribution in [0.3, 0.4) is 0 Å². The molecule has 10 heteroatoms. The lowest BCUT2D eigenvalue weighted by molar-refractivity contribution is -0.120. The lowest BCUT2D eigenvalue weighted by Crippen LogP contribution is -2.47. The fourth-order valence-electron chi connectivity index (χ4n) is 3.34. The van der Waals surface area contributed by atoms with E-state index in [4.69, 9.17) is 0 Å². The van der Waals surface area contributed by atoms with E-state index in [2.05, 4.69) is 25.1 Å². The lowest BCUT2D eigenvalue weighted by Gasteiger charge is -2.23. The van der Waals surface area contributed by atoms with Gasteiger partial charge >= 0.3 is 0 Å². The number of pyridine rings is 1. The first-order valence-corrected chi connectivity index (χ1v) is 11.7. The van der Waals surface area contributed by atoms with E-state index in [0.717, 1.165) is 24.2 Å². The molecule has 1 saturated heterocycles. The van der Waals surface area contributed by atoms with Crippen molar-refractivity contribution in [3.8, 4) is 11.4 Å². The summed E-state index contributed by atoms with van der Waals surface area (Å²) in [5.74, 6) is 0.879. The summed E-state index contributed by atoms with van der Waals surface area (Å²) in [6.45, 7) is 1.79. The van der Waals surface area contributed by atoms with Crippen LogP contribution in [0.4, 0.5) is 0 Å². The molecule has 0 bridgehead atoms. The summed E-state index contributed by atoms with van der Waals surface area (Å²) in [5.41, 5.74) is 0.221. The molecule has 4 rings (SSSR count). The van der Waals surface area contributed by atoms with Gasteiger partial charge in [-0.1, -0.05) is 11.8 Å². The summed E-state index contributed by atoms with van der Waals surface area (Å²) in [6, 6.07) is 4.16. The molecule has 0 radical (unpaired) electrons. The van der Waals surface area contributed by atoms with Crippen LogP contribution < -0.4 is 5.32 Å². The molecule has 1 N–H and O–H groups in total. The molecule has 0 unspecified atom stereocenters. The summed E-state index contributed by atoms with van der Waals surface area (Å²) >= 11 is 1.33. The number of aromatic nitrogens is 4. The molecule has 2 aliphatic rings. The first-order chi connectivity index (χ1) is 12.9. The molecular weight excluding hydrogens is 386 g/mol. The second kappa shape index (κ2) is 6.90. The van der Waals surface area contributed by atoms with Gasteiger partial charge in [-0.2, -0.15) is 0 Å². The summed E-state index contributed by atoms with van der Waals surface area (Å²) in [7, 11) is -3.06. The van der Waals surface area contributed by atoms with Gasteiger partial charge in [0.2, 0.25) is 5.91 Å². The molecule has 0 spiro atoms. The maximum absolute atomic E-state index is 12.4. The molecule has 144 valence electrons. The SMILES string of the molecule is C[C@@]1(NC(=O)CSc2nnc(-c3cccnc3)n2C2CC2)CCS(=O)(=O)C1. The van der Waals surface area contributed by atoms with Gasteiger partial charge in [-0.25, -0.2) is 8.42 Å². The highest BCUT2D eigenvalue weighted by Gasteiger charge is 2.39. The second-order valence-corrected chi connectivity index (χ2v) is 10.5. The number of nitrogens with zero attached hydrogens (tertiary/aromatic N) is 4. The number of amides is 1. The molecule has 8 nitrogen and oxygen atoms in total. The van der Waals surface area contributed by atoms with Gasteiger partial charge in [-0.15, -0.1) is 10.2 Å². The van der Waals surface area contributed by atoms with Crippen LogP contribution in [0.2, 0.25) is 0 Å². The second-order valence-electron chi connectivity index (χ2n) is 7.39. The van der Waals surface area contributed by atoms with Gasteiger partial charge in [0, 0.05) is 24.0 Å². The van der Waals surface area contributed by atoms with Crippen LogP contribution in [0.1, 0.15) is 32.2 Å². The maximum atomic E-state index is 12.4. The fourth-order valence-corrected chi connectivity index (χ4v) is 6.24. The Kier molecular flexibility index (Phi) is 4.71. The third-order valence-electron chi connectivity index (χ3n) is 4.77. The van der Waals surface area contributed by atoms with Crippen molar-refractivity contribution in [3.63, 3.8) is 0 Å². The highest BCUT2D eigenvalue weighted by molar-refractivity contribution is 7.99. The zero-order valence-electron chi connectivity index (χ0n) is 15.0. The molecule has 2 fully saturated rings. The van der Waals surface area contributed by atoms with Crippen molar-refractivity contribution in [2.75, 3.05) is 17.3 Å². The van der Waals surface area contributed by atoms with E-state index < -0.39 is 15.4 Å². The zero-order valence-corrected chi connectivity index (χ0v) is 16.6. The van der Waals surface area contributed by atoms with E-state index in [9.17, 15) is 13.2 Å². The van der Waals surface area contributed by atoms with Gasteiger partial charge in [0.05, 0.1) is 22.8 Å². The molecule has 1 amide bonds. The first kappa shape index (κ1) is 18.4. The van der Waals surface area contributed by atoms with Crippen LogP contribution in [0.15, 0.2) is 29.7 Å². The number of hydrogen-bond acceptors (Lipinski definition) is 7. The number of thioether (sulfide) groups is 1. The summed E-state index contributed by atoms with van der Waals surface area (Å²) in [4.78, 5) is 16.5. The number of carbonyl (C=O) groups is 1. The Morgan fingerprint density at radius 2 is 2.22 bits per heavy atom. The van der Waals surface area contributed by atoms with Crippen LogP contribution in [0, 0.1) is 0 Å². The molecule has 3 heterocycles. The van der Waals surface area contributed by atoms with Crippen molar-refractivity contribution in [1.29, 1.82) is 0 Å². The fraction of sp³-hybridized carbons (Fsp3) is 0.529. The van der Waals surface area contributed by atoms with E-state index in [1.54, 1.807) is 19.3 Å². The van der Waals surface area contributed by atoms with Crippen LogP contribution in [-0.2, 0) is 14.6 Å². The van der Waals surface area contributed by atoms with Crippen molar-refractivity contribution < 1.29 is 13.2 Å². The van der Waals surface area contributed by atoms with Gasteiger partial charge in [0.1, 0.15) is 0 Å². The van der Waals surface area contributed by atoms with Crippen molar-refractivity contribution in [3.05, 3.63) is 24.5 Å². The molecule has 1 aliphatic heterocycles. The van der Waals surface area contributed by atoms with E-state index in [-0.39, 0.29) is 23.2 Å². The number of carbonyl (C=O) groups excluding carboxylic acids is 1. The Bertz CT molecular complexity index is 956. The third-order valence-corrected chi connectivity index (χ3v) is 7.62. The third kappa shape index (κ3) is 4.16. The standard InChI is InChI=1S/C17H21N5O3S2/c1-17(6-8-27(24,25)11-17)19-14(23)10-26-16-21-20-15(22(16)13-4-5-13)12-3-2-7-18-9-12/h2-3,7,9,13H,4-6,8,10-11H2,1H3,(H,19,23)/t17-/m1/s1. The zero-order chi connectivity index (χ0) is 19.1. The Balaban J connectivity index is 1.44. The minimum absolute atomic E-state index is 0.000180. The van der Waals surface area contributed by atoms with E-state index in [1.807, 2.05) is 12.1 Å². The predicted molar refractivity (Wildman–Crippen MR) is 102 cm³/mol. The van der Waals surface area contributed by atoms with E-state index in [0.29, 0.717) is 17.6 Å². The van der Waals surface area contributed by atoms with Crippen molar-refractivity contribution in [2.24, 2.45) is 0 Å². The van der Waals surface area contributed by atoms with Gasteiger partial charge < -0.3 is 5.32 Å². The normalized spacial score (nSPS) is 24.0. The summed E-state index contributed by atoms with van der Waals surface area (Å²) in [6.07, 6.45) is 6.06. The predicted octanol–water partition coefficient (Wildman–Crippen LogP) is 1.46. The molecule has 2 aromatic rings. The molecule has 1 saturated carbocycles. The number of sulfone groups is 1. The average molecular weight is 408 g/mol. The Hall–Kier alpha value is -1.94. The number of hydrogen-bond donors (Lipinski definition) is 1. The summed E-state index contributed by atoms with van der Waals surface area (Å²) in [5, 5.41) is 12.2. The minimum atomic E-state index is -3.06. The molecule has 2 aromatic heterocycles. The Labute approximate surface area is 162 Å². The highest BCUT2D eigenvalue weighted by atomic mass is 32.2. The molecular formula is C17H21N5O3S2. The molecule has 27 heavy (non-hydrogen) atoms. The number of rotatable bonds is 6. The molecule has 0 aromatic carbocycles. The van der Waals surface area contributed by atoms with Gasteiger partial charge in [0.15, 0.2) is 20.8 Å². The smallest absolute Gasteiger partial charge is 0.230 e. The first-order valence-electron chi connectivity index (χ1n) is 8.85. The molecule has 1 aliphatic carbocycles. The topological polar surface area (TPSA) is 107 Å². The largest absolute Gasteiger partial charge is 0.349 e. The Morgan fingerprint density at radius 1 is 1.41 bits per heavy atom. The van der Waals surface area contributed by atoms with Crippen LogP contribution in [0.5, 0.6) is 0 Å². The van der Waals surface area contributed by atoms with Crippen molar-refractivity contribution >= 4 is 27.5 Å². The monoisotopic (exact) mass is 407 g/mol.